The summed E-state index contributed by atoms with van der Waals surface area (Å²) in [6.07, 6.45) is 6.04. The van der Waals surface area contributed by atoms with Crippen molar-refractivity contribution in [2.75, 3.05) is 6.54 Å². The maximum atomic E-state index is 4.47. The first-order chi connectivity index (χ1) is 9.74. The van der Waals surface area contributed by atoms with Crippen LogP contribution in [0.3, 0.4) is 0 Å². The molecule has 0 aliphatic carbocycles. The van der Waals surface area contributed by atoms with Crippen LogP contribution in [-0.2, 0) is 0 Å². The zero-order chi connectivity index (χ0) is 14.4. The molecule has 2 aromatic rings. The molecule has 1 aromatic carbocycles. The number of nitrogens with one attached hydrogen (secondary N) is 1. The summed E-state index contributed by atoms with van der Waals surface area (Å²) < 4.78 is 1.92. The van der Waals surface area contributed by atoms with Gasteiger partial charge in [-0.05, 0) is 31.5 Å². The summed E-state index contributed by atoms with van der Waals surface area (Å²) in [5.41, 5.74) is 3.57. The van der Waals surface area contributed by atoms with Gasteiger partial charge in [0.2, 0.25) is 0 Å². The van der Waals surface area contributed by atoms with Gasteiger partial charge in [0, 0.05) is 17.8 Å². The highest BCUT2D eigenvalue weighted by atomic mass is 15.3. The van der Waals surface area contributed by atoms with Gasteiger partial charge in [0.25, 0.3) is 0 Å². The van der Waals surface area contributed by atoms with Crippen LogP contribution < -0.4 is 5.32 Å². The van der Waals surface area contributed by atoms with E-state index >= 15 is 0 Å². The number of benzene rings is 1. The highest BCUT2D eigenvalue weighted by Crippen LogP contribution is 2.22. The quantitative estimate of drug-likeness (QED) is 0.773. The predicted molar refractivity (Wildman–Crippen MR) is 84.0 cm³/mol. The van der Waals surface area contributed by atoms with E-state index in [1.807, 2.05) is 29.1 Å². The van der Waals surface area contributed by atoms with Crippen LogP contribution in [0.25, 0.3) is 5.69 Å². The van der Waals surface area contributed by atoms with Crippen molar-refractivity contribution in [3.8, 4) is 5.69 Å². The second-order valence-corrected chi connectivity index (χ2v) is 4.97. The number of aromatic nitrogens is 2. The molecule has 0 spiro atoms. The minimum Gasteiger partial charge on any atom is -0.310 e. The van der Waals surface area contributed by atoms with Crippen LogP contribution in [0.2, 0.25) is 0 Å². The Kier molecular flexibility index (Phi) is 5.13. The molecule has 0 saturated heterocycles. The van der Waals surface area contributed by atoms with Crippen LogP contribution in [0, 0.1) is 0 Å². The second-order valence-electron chi connectivity index (χ2n) is 4.97. The summed E-state index contributed by atoms with van der Waals surface area (Å²) in [5, 5.41) is 7.98. The molecule has 2 rings (SSSR count). The highest BCUT2D eigenvalue weighted by molar-refractivity contribution is 5.31. The molecule has 0 fully saturated rings. The molecule has 1 unspecified atom stereocenters. The van der Waals surface area contributed by atoms with Crippen molar-refractivity contribution in [1.82, 2.24) is 15.1 Å². The fraction of sp³-hybridized carbons (Fsp3) is 0.353. The van der Waals surface area contributed by atoms with Crippen molar-refractivity contribution >= 4 is 0 Å². The molecule has 0 saturated carbocycles. The van der Waals surface area contributed by atoms with Crippen molar-refractivity contribution in [2.45, 2.75) is 32.7 Å². The minimum absolute atomic E-state index is 0.296. The van der Waals surface area contributed by atoms with Gasteiger partial charge < -0.3 is 5.32 Å². The van der Waals surface area contributed by atoms with Gasteiger partial charge >= 0.3 is 0 Å². The Balaban J connectivity index is 2.18. The summed E-state index contributed by atoms with van der Waals surface area (Å²) in [5.74, 6) is 0. The Morgan fingerprint density at radius 3 is 2.70 bits per heavy atom. The number of hydrogen-bond acceptors (Lipinski definition) is 2. The number of nitrogens with zero attached hydrogens (tertiary/aromatic N) is 2. The van der Waals surface area contributed by atoms with E-state index in [9.17, 15) is 0 Å². The van der Waals surface area contributed by atoms with E-state index in [0.29, 0.717) is 6.04 Å². The first-order valence-corrected chi connectivity index (χ1v) is 7.24. The SMILES string of the molecule is C=C(CC)CC(NCC)c1cnn(-c2ccccc2)c1. The van der Waals surface area contributed by atoms with Crippen LogP contribution in [-0.4, -0.2) is 16.3 Å². The van der Waals surface area contributed by atoms with Gasteiger partial charge in [0.05, 0.1) is 11.9 Å². The summed E-state index contributed by atoms with van der Waals surface area (Å²) in [4.78, 5) is 0. The predicted octanol–water partition coefficient (Wildman–Crippen LogP) is 3.88. The fourth-order valence-electron chi connectivity index (χ4n) is 2.23. The molecule has 1 aromatic heterocycles. The molecule has 1 atom stereocenters. The van der Waals surface area contributed by atoms with Crippen LogP contribution in [0.4, 0.5) is 0 Å². The van der Waals surface area contributed by atoms with Crippen molar-refractivity contribution in [3.63, 3.8) is 0 Å². The van der Waals surface area contributed by atoms with Gasteiger partial charge in [-0.1, -0.05) is 44.2 Å². The summed E-state index contributed by atoms with van der Waals surface area (Å²) in [6, 6.07) is 10.5. The van der Waals surface area contributed by atoms with E-state index in [-0.39, 0.29) is 0 Å². The van der Waals surface area contributed by atoms with Gasteiger partial charge in [-0.25, -0.2) is 4.68 Å². The van der Waals surface area contributed by atoms with E-state index < -0.39 is 0 Å². The van der Waals surface area contributed by atoms with E-state index in [1.54, 1.807) is 0 Å². The molecule has 0 bridgehead atoms. The Hall–Kier alpha value is -1.87. The molecule has 0 radical (unpaired) electrons. The van der Waals surface area contributed by atoms with E-state index in [0.717, 1.165) is 25.1 Å². The first kappa shape index (κ1) is 14.5. The van der Waals surface area contributed by atoms with Crippen molar-refractivity contribution < 1.29 is 0 Å². The molecule has 0 aliphatic rings. The van der Waals surface area contributed by atoms with E-state index in [2.05, 4.69) is 49.2 Å². The topological polar surface area (TPSA) is 29.9 Å². The maximum Gasteiger partial charge on any atom is 0.0645 e. The minimum atomic E-state index is 0.296. The van der Waals surface area contributed by atoms with Crippen molar-refractivity contribution in [1.29, 1.82) is 0 Å². The smallest absolute Gasteiger partial charge is 0.0645 e. The Morgan fingerprint density at radius 2 is 2.05 bits per heavy atom. The highest BCUT2D eigenvalue weighted by Gasteiger charge is 2.13. The Morgan fingerprint density at radius 1 is 1.30 bits per heavy atom. The van der Waals surface area contributed by atoms with Gasteiger partial charge in [0.1, 0.15) is 0 Å². The van der Waals surface area contributed by atoms with Crippen molar-refractivity contribution in [2.24, 2.45) is 0 Å². The standard InChI is InChI=1S/C17H23N3/c1-4-14(3)11-17(18-5-2)15-12-19-20(13-15)16-9-7-6-8-10-16/h6-10,12-13,17-18H,3-5,11H2,1-2H3. The normalized spacial score (nSPS) is 12.3. The van der Waals surface area contributed by atoms with Crippen molar-refractivity contribution in [3.05, 3.63) is 60.4 Å². The van der Waals surface area contributed by atoms with Crippen LogP contribution in [0.1, 0.15) is 38.3 Å². The number of rotatable bonds is 7. The zero-order valence-corrected chi connectivity index (χ0v) is 12.3. The third-order valence-corrected chi connectivity index (χ3v) is 3.47. The zero-order valence-electron chi connectivity index (χ0n) is 12.3. The maximum absolute atomic E-state index is 4.47. The molecule has 1 N–H and O–H groups in total. The van der Waals surface area contributed by atoms with Crippen LogP contribution in [0.15, 0.2) is 54.9 Å². The summed E-state index contributed by atoms with van der Waals surface area (Å²) >= 11 is 0. The Labute approximate surface area is 121 Å². The molecule has 3 heteroatoms. The lowest BCUT2D eigenvalue weighted by molar-refractivity contribution is 0.543. The summed E-state index contributed by atoms with van der Waals surface area (Å²) in [6.45, 7) is 9.34. The van der Waals surface area contributed by atoms with E-state index in [1.165, 1.54) is 11.1 Å². The monoisotopic (exact) mass is 269 g/mol. The molecule has 0 amide bonds. The molecule has 0 aliphatic heterocycles. The van der Waals surface area contributed by atoms with Gasteiger partial charge in [-0.2, -0.15) is 5.10 Å². The molecule has 106 valence electrons. The van der Waals surface area contributed by atoms with Gasteiger partial charge in [0.15, 0.2) is 0 Å². The number of para-hydroxylation sites is 1. The lowest BCUT2D eigenvalue weighted by atomic mass is 10.0. The first-order valence-electron chi connectivity index (χ1n) is 7.24. The lowest BCUT2D eigenvalue weighted by Gasteiger charge is -2.17. The Bertz CT molecular complexity index is 542. The molecule has 1 heterocycles. The van der Waals surface area contributed by atoms with Gasteiger partial charge in [-0.15, -0.1) is 0 Å². The van der Waals surface area contributed by atoms with Gasteiger partial charge in [-0.3, -0.25) is 0 Å². The van der Waals surface area contributed by atoms with Crippen LogP contribution in [0.5, 0.6) is 0 Å². The average molecular weight is 269 g/mol. The second kappa shape index (κ2) is 7.06. The van der Waals surface area contributed by atoms with E-state index in [4.69, 9.17) is 0 Å². The largest absolute Gasteiger partial charge is 0.310 e. The van der Waals surface area contributed by atoms with Crippen LogP contribution >= 0.6 is 0 Å². The molecule has 3 nitrogen and oxygen atoms in total. The third kappa shape index (κ3) is 3.58. The molecular formula is C17H23N3. The average Bonchev–Trinajstić information content (AvgIpc) is 2.97. The third-order valence-electron chi connectivity index (χ3n) is 3.47. The summed E-state index contributed by atoms with van der Waals surface area (Å²) in [7, 11) is 0. The molecular weight excluding hydrogens is 246 g/mol. The molecule has 20 heavy (non-hydrogen) atoms. The number of hydrogen-bond donors (Lipinski definition) is 1. The fourth-order valence-corrected chi connectivity index (χ4v) is 2.23. The lowest BCUT2D eigenvalue weighted by Crippen LogP contribution is -2.20.